The molecule has 3 heterocycles. The van der Waals surface area contributed by atoms with Crippen molar-refractivity contribution in [2.24, 2.45) is 0 Å². The number of aryl methyl sites for hydroxylation is 1. The number of fused-ring (bicyclic) bond motifs is 1. The van der Waals surface area contributed by atoms with Crippen molar-refractivity contribution in [2.45, 2.75) is 44.6 Å². The van der Waals surface area contributed by atoms with Crippen LogP contribution in [-0.2, 0) is 10.0 Å². The number of hydrogen-bond acceptors (Lipinski definition) is 9. The van der Waals surface area contributed by atoms with Crippen LogP contribution in [0, 0.1) is 12.7 Å². The number of hydrogen-bond donors (Lipinski definition) is 3. The topological polar surface area (TPSA) is 131 Å². The zero-order chi connectivity index (χ0) is 31.7. The summed E-state index contributed by atoms with van der Waals surface area (Å²) in [6.45, 7) is 4.00. The van der Waals surface area contributed by atoms with E-state index in [-0.39, 0.29) is 47.4 Å². The van der Waals surface area contributed by atoms with Gasteiger partial charge in [0.25, 0.3) is 0 Å². The van der Waals surface area contributed by atoms with Gasteiger partial charge in [0, 0.05) is 48.7 Å². The van der Waals surface area contributed by atoms with E-state index < -0.39 is 45.5 Å². The monoisotopic (exact) mass is 637 g/mol. The first-order chi connectivity index (χ1) is 20.7. The second kappa shape index (κ2) is 12.1. The van der Waals surface area contributed by atoms with Crippen LogP contribution in [0.3, 0.4) is 0 Å². The standard InChI is InChI=1S/C28H28F5N7O3S/c1-16-3-4-18-19(5-6-21(29)23(18)40-44(41,42)10-8-28(31,32)33)24(16)43-25-20(13-35-15-37-25)22-7-9-36-26(39-22)38-17-11-27(2,30)14-34-12-17/h3-7,9,13,15,17,34,40H,8,10-12,14H2,1-2H3,(H,36,38,39)/t17-,27-/m0/s1. The second-order valence-electron chi connectivity index (χ2n) is 10.7. The first-order valence-corrected chi connectivity index (χ1v) is 15.1. The Hall–Kier alpha value is -4.18. The molecule has 0 radical (unpaired) electrons. The molecule has 0 spiro atoms. The van der Waals surface area contributed by atoms with Crippen LogP contribution < -0.4 is 20.1 Å². The molecular weight excluding hydrogens is 609 g/mol. The molecule has 1 saturated heterocycles. The molecule has 10 nitrogen and oxygen atoms in total. The third-order valence-corrected chi connectivity index (χ3v) is 8.16. The van der Waals surface area contributed by atoms with Gasteiger partial charge in [0.05, 0.1) is 29.1 Å². The van der Waals surface area contributed by atoms with Crippen molar-refractivity contribution in [1.82, 2.24) is 25.3 Å². The SMILES string of the molecule is Cc1ccc2c(NS(=O)(=O)CCC(F)(F)F)c(F)ccc2c1Oc1ncncc1-c1ccnc(N[C@@H]2CNC[C@@](C)(F)C2)n1. The van der Waals surface area contributed by atoms with Crippen molar-refractivity contribution in [2.75, 3.05) is 28.9 Å². The van der Waals surface area contributed by atoms with Crippen LogP contribution in [0.4, 0.5) is 33.6 Å². The molecule has 234 valence electrons. The van der Waals surface area contributed by atoms with Gasteiger partial charge in [0.2, 0.25) is 21.9 Å². The van der Waals surface area contributed by atoms with Crippen LogP contribution in [0.15, 0.2) is 49.1 Å². The fraction of sp³-hybridized carbons (Fsp3) is 0.357. The molecule has 2 aromatic heterocycles. The van der Waals surface area contributed by atoms with Crippen LogP contribution >= 0.6 is 0 Å². The largest absolute Gasteiger partial charge is 0.437 e. The maximum absolute atomic E-state index is 14.9. The highest BCUT2D eigenvalue weighted by molar-refractivity contribution is 7.92. The molecule has 5 rings (SSSR count). The lowest BCUT2D eigenvalue weighted by Gasteiger charge is -2.33. The van der Waals surface area contributed by atoms with E-state index >= 15 is 0 Å². The van der Waals surface area contributed by atoms with E-state index in [1.165, 1.54) is 37.8 Å². The van der Waals surface area contributed by atoms with Gasteiger partial charge in [-0.1, -0.05) is 12.1 Å². The lowest BCUT2D eigenvalue weighted by atomic mass is 9.95. The van der Waals surface area contributed by atoms with E-state index in [0.717, 1.165) is 6.07 Å². The van der Waals surface area contributed by atoms with Crippen LogP contribution in [0.2, 0.25) is 0 Å². The number of rotatable bonds is 9. The number of anilines is 2. The number of ether oxygens (including phenoxy) is 1. The van der Waals surface area contributed by atoms with E-state index in [2.05, 4.69) is 30.6 Å². The summed E-state index contributed by atoms with van der Waals surface area (Å²) in [4.78, 5) is 17.1. The smallest absolute Gasteiger partial charge is 0.390 e. The van der Waals surface area contributed by atoms with Gasteiger partial charge in [-0.3, -0.25) is 4.72 Å². The van der Waals surface area contributed by atoms with Gasteiger partial charge in [0.15, 0.2) is 0 Å². The molecule has 0 aliphatic carbocycles. The van der Waals surface area contributed by atoms with Crippen molar-refractivity contribution in [3.8, 4) is 22.9 Å². The molecule has 1 aliphatic rings. The molecule has 3 N–H and O–H groups in total. The molecular formula is C28H28F5N7O3S. The minimum Gasteiger partial charge on any atom is -0.437 e. The summed E-state index contributed by atoms with van der Waals surface area (Å²) in [5, 5.41) is 6.51. The van der Waals surface area contributed by atoms with Gasteiger partial charge in [0.1, 0.15) is 23.6 Å². The van der Waals surface area contributed by atoms with Crippen molar-refractivity contribution in [3.05, 3.63) is 60.4 Å². The molecule has 16 heteroatoms. The Morgan fingerprint density at radius 3 is 2.66 bits per heavy atom. The predicted octanol–water partition coefficient (Wildman–Crippen LogP) is 5.52. The highest BCUT2D eigenvalue weighted by Gasteiger charge is 2.32. The predicted molar refractivity (Wildman–Crippen MR) is 154 cm³/mol. The lowest BCUT2D eigenvalue weighted by Crippen LogP contribution is -2.50. The van der Waals surface area contributed by atoms with E-state index in [9.17, 15) is 30.4 Å². The van der Waals surface area contributed by atoms with Crippen LogP contribution in [0.25, 0.3) is 22.0 Å². The Labute approximate surface area is 249 Å². The number of piperidine rings is 1. The second-order valence-corrected chi connectivity index (χ2v) is 12.6. The van der Waals surface area contributed by atoms with E-state index in [0.29, 0.717) is 23.4 Å². The van der Waals surface area contributed by atoms with Gasteiger partial charge in [-0.25, -0.2) is 37.1 Å². The summed E-state index contributed by atoms with van der Waals surface area (Å²) in [7, 11) is -4.54. The zero-order valence-electron chi connectivity index (χ0n) is 23.5. The fourth-order valence-electron chi connectivity index (χ4n) is 4.86. The normalized spacial score (nSPS) is 19.1. The number of nitrogens with zero attached hydrogens (tertiary/aromatic N) is 4. The summed E-state index contributed by atoms with van der Waals surface area (Å²) in [6, 6.07) is 6.69. The summed E-state index contributed by atoms with van der Waals surface area (Å²) >= 11 is 0. The highest BCUT2D eigenvalue weighted by atomic mass is 32.2. The maximum Gasteiger partial charge on any atom is 0.390 e. The summed E-state index contributed by atoms with van der Waals surface area (Å²) < 4.78 is 100. The third-order valence-electron chi connectivity index (χ3n) is 6.90. The molecule has 2 aromatic carbocycles. The Morgan fingerprint density at radius 1 is 1.14 bits per heavy atom. The fourth-order valence-corrected chi connectivity index (χ4v) is 5.98. The summed E-state index contributed by atoms with van der Waals surface area (Å²) in [5.74, 6) is -1.74. The molecule has 44 heavy (non-hydrogen) atoms. The average Bonchev–Trinajstić information content (AvgIpc) is 2.94. The van der Waals surface area contributed by atoms with Crippen molar-refractivity contribution >= 4 is 32.4 Å². The zero-order valence-corrected chi connectivity index (χ0v) is 24.4. The Bertz CT molecular complexity index is 1790. The number of halogens is 5. The van der Waals surface area contributed by atoms with Crippen molar-refractivity contribution < 1.29 is 35.1 Å². The van der Waals surface area contributed by atoms with Crippen molar-refractivity contribution in [3.63, 3.8) is 0 Å². The van der Waals surface area contributed by atoms with Gasteiger partial charge < -0.3 is 15.4 Å². The molecule has 0 saturated carbocycles. The molecule has 0 bridgehead atoms. The van der Waals surface area contributed by atoms with Crippen molar-refractivity contribution in [1.29, 1.82) is 0 Å². The quantitative estimate of drug-likeness (QED) is 0.203. The van der Waals surface area contributed by atoms with Gasteiger partial charge in [-0.15, -0.1) is 0 Å². The number of alkyl halides is 4. The van der Waals surface area contributed by atoms with E-state index in [1.54, 1.807) is 19.1 Å². The average molecular weight is 638 g/mol. The summed E-state index contributed by atoms with van der Waals surface area (Å²) in [5.41, 5.74) is -0.577. The molecule has 0 unspecified atom stereocenters. The van der Waals surface area contributed by atoms with Gasteiger partial charge in [-0.2, -0.15) is 13.2 Å². The number of sulfonamides is 1. The molecule has 2 atom stereocenters. The Kier molecular flexibility index (Phi) is 8.57. The minimum atomic E-state index is -4.71. The minimum absolute atomic E-state index is 0.0614. The first-order valence-electron chi connectivity index (χ1n) is 13.5. The lowest BCUT2D eigenvalue weighted by molar-refractivity contribution is -0.129. The third kappa shape index (κ3) is 7.48. The Morgan fingerprint density at radius 2 is 1.91 bits per heavy atom. The Balaban J connectivity index is 1.46. The number of aromatic nitrogens is 4. The molecule has 1 aliphatic heterocycles. The number of nitrogens with one attached hydrogen (secondary N) is 3. The first kappa shape index (κ1) is 31.3. The molecule has 1 fully saturated rings. The molecule has 4 aromatic rings. The van der Waals surface area contributed by atoms with Crippen LogP contribution in [0.1, 0.15) is 25.3 Å². The highest BCUT2D eigenvalue weighted by Crippen LogP contribution is 2.39. The van der Waals surface area contributed by atoms with Gasteiger partial charge in [-0.05, 0) is 37.6 Å². The molecule has 0 amide bonds. The van der Waals surface area contributed by atoms with Crippen LogP contribution in [-0.4, -0.2) is 65.1 Å². The van der Waals surface area contributed by atoms with Gasteiger partial charge >= 0.3 is 6.18 Å². The van der Waals surface area contributed by atoms with E-state index in [4.69, 9.17) is 4.74 Å². The van der Waals surface area contributed by atoms with Crippen LogP contribution in [0.5, 0.6) is 11.6 Å². The number of benzene rings is 2. The van der Waals surface area contributed by atoms with E-state index in [1.807, 2.05) is 4.72 Å². The summed E-state index contributed by atoms with van der Waals surface area (Å²) in [6.07, 6.45) is -1.81. The maximum atomic E-state index is 14.9.